The van der Waals surface area contributed by atoms with E-state index in [4.69, 9.17) is 0 Å². The van der Waals surface area contributed by atoms with Crippen LogP contribution in [-0.2, 0) is 18.3 Å². The molecule has 0 aliphatic carbocycles. The van der Waals surface area contributed by atoms with Crippen molar-refractivity contribution in [3.05, 3.63) is 77.1 Å². The van der Waals surface area contributed by atoms with E-state index in [1.54, 1.807) is 10.7 Å². The fraction of sp³-hybridized carbons (Fsp3) is 0.435. The lowest BCUT2D eigenvalue weighted by atomic mass is 9.98. The normalized spacial score (nSPS) is 13.1. The molecule has 1 unspecified atom stereocenters. The van der Waals surface area contributed by atoms with Gasteiger partial charge in [0.1, 0.15) is 0 Å². The molecule has 3 rings (SSSR count). The second-order valence-electron chi connectivity index (χ2n) is 8.19. The van der Waals surface area contributed by atoms with Crippen molar-refractivity contribution >= 4 is 12.4 Å². The zero-order valence-electron chi connectivity index (χ0n) is 18.7. The Morgan fingerprint density at radius 2 is 1.69 bits per heavy atom. The molecule has 0 radical (unpaired) electrons. The molecule has 1 aromatic heterocycles. The summed E-state index contributed by atoms with van der Waals surface area (Å²) in [6.45, 7) is 9.22. The third-order valence-electron chi connectivity index (χ3n) is 5.71. The molecule has 32 heavy (non-hydrogen) atoms. The Balaban J connectivity index is 0.00000363. The van der Waals surface area contributed by atoms with E-state index in [0.717, 1.165) is 18.1 Å². The maximum Gasteiger partial charge on any atom is 0.416 e. The highest BCUT2D eigenvalue weighted by Gasteiger charge is 2.35. The van der Waals surface area contributed by atoms with Crippen molar-refractivity contribution in [1.82, 2.24) is 25.1 Å². The lowest BCUT2D eigenvalue weighted by Crippen LogP contribution is -2.36. The first-order chi connectivity index (χ1) is 14.7. The minimum atomic E-state index is -4.42. The van der Waals surface area contributed by atoms with Crippen LogP contribution in [0.15, 0.2) is 54.6 Å². The Labute approximate surface area is 193 Å². The van der Waals surface area contributed by atoms with Crippen LogP contribution >= 0.6 is 12.4 Å². The van der Waals surface area contributed by atoms with Crippen molar-refractivity contribution in [2.45, 2.75) is 58.4 Å². The maximum atomic E-state index is 13.5. The van der Waals surface area contributed by atoms with Crippen LogP contribution in [0.25, 0.3) is 0 Å². The fourth-order valence-electron chi connectivity index (χ4n) is 3.56. The number of rotatable bonds is 8. The van der Waals surface area contributed by atoms with Crippen molar-refractivity contribution in [2.75, 3.05) is 6.54 Å². The first kappa shape index (κ1) is 25.8. The zero-order chi connectivity index (χ0) is 22.6. The van der Waals surface area contributed by atoms with Crippen LogP contribution in [0.3, 0.4) is 0 Å². The van der Waals surface area contributed by atoms with Gasteiger partial charge in [-0.3, -0.25) is 4.90 Å². The minimum absolute atomic E-state index is 0. The van der Waals surface area contributed by atoms with Gasteiger partial charge >= 0.3 is 6.18 Å². The van der Waals surface area contributed by atoms with E-state index in [2.05, 4.69) is 20.4 Å². The van der Waals surface area contributed by atoms with E-state index >= 15 is 0 Å². The van der Waals surface area contributed by atoms with Gasteiger partial charge in [0.25, 0.3) is 0 Å². The first-order valence-electron chi connectivity index (χ1n) is 10.4. The Hall–Kier alpha value is -2.45. The van der Waals surface area contributed by atoms with E-state index in [0.29, 0.717) is 24.5 Å². The summed E-state index contributed by atoms with van der Waals surface area (Å²) >= 11 is 0. The van der Waals surface area contributed by atoms with Crippen LogP contribution < -0.4 is 0 Å². The molecule has 5 nitrogen and oxygen atoms in total. The van der Waals surface area contributed by atoms with Crippen molar-refractivity contribution < 1.29 is 13.2 Å². The molecule has 0 aliphatic rings. The largest absolute Gasteiger partial charge is 0.416 e. The Morgan fingerprint density at radius 1 is 1.00 bits per heavy atom. The molecule has 0 spiro atoms. The molecule has 0 saturated carbocycles. The van der Waals surface area contributed by atoms with E-state index < -0.39 is 17.8 Å². The van der Waals surface area contributed by atoms with Crippen LogP contribution in [0.5, 0.6) is 0 Å². The lowest BCUT2D eigenvalue weighted by Gasteiger charge is -2.33. The van der Waals surface area contributed by atoms with Crippen molar-refractivity contribution in [1.29, 1.82) is 0 Å². The number of tetrazole rings is 1. The summed E-state index contributed by atoms with van der Waals surface area (Å²) in [5.41, 5.74) is 0.510. The maximum absolute atomic E-state index is 13.5. The van der Waals surface area contributed by atoms with Crippen molar-refractivity contribution in [3.63, 3.8) is 0 Å². The average molecular weight is 468 g/mol. The van der Waals surface area contributed by atoms with Gasteiger partial charge in [0.05, 0.1) is 17.1 Å². The third kappa shape index (κ3) is 5.66. The summed E-state index contributed by atoms with van der Waals surface area (Å²) in [5.74, 6) is 0.531. The number of alkyl halides is 3. The molecule has 0 bridgehead atoms. The quantitative estimate of drug-likeness (QED) is 0.415. The minimum Gasteiger partial charge on any atom is -0.286 e. The smallest absolute Gasteiger partial charge is 0.286 e. The monoisotopic (exact) mass is 467 g/mol. The molecule has 0 saturated heterocycles. The summed E-state index contributed by atoms with van der Waals surface area (Å²) in [6, 6.07) is 14.8. The van der Waals surface area contributed by atoms with Gasteiger partial charge in [-0.1, -0.05) is 56.3 Å². The van der Waals surface area contributed by atoms with Gasteiger partial charge in [-0.05, 0) is 60.5 Å². The summed E-state index contributed by atoms with van der Waals surface area (Å²) < 4.78 is 42.1. The molecule has 0 fully saturated rings. The SMILES string of the molecule is CCN(Cc1ccccc1)C(c1cccc(C(F)(F)F)c1)c1nnnn1C(C)(C)CC.Cl. The Bertz CT molecular complexity index is 989. The van der Waals surface area contributed by atoms with Crippen LogP contribution in [-0.4, -0.2) is 31.7 Å². The predicted octanol–water partition coefficient (Wildman–Crippen LogP) is 5.87. The van der Waals surface area contributed by atoms with Gasteiger partial charge in [0.2, 0.25) is 0 Å². The van der Waals surface area contributed by atoms with Gasteiger partial charge in [-0.2, -0.15) is 13.2 Å². The average Bonchev–Trinajstić information content (AvgIpc) is 3.24. The first-order valence-corrected chi connectivity index (χ1v) is 10.4. The second-order valence-corrected chi connectivity index (χ2v) is 8.19. The van der Waals surface area contributed by atoms with Gasteiger partial charge in [0.15, 0.2) is 5.82 Å². The van der Waals surface area contributed by atoms with E-state index in [-0.39, 0.29) is 17.9 Å². The molecular weight excluding hydrogens is 439 g/mol. The summed E-state index contributed by atoms with van der Waals surface area (Å²) in [5, 5.41) is 12.4. The molecular formula is C23H29ClF3N5. The molecule has 174 valence electrons. The fourth-order valence-corrected chi connectivity index (χ4v) is 3.56. The van der Waals surface area contributed by atoms with E-state index in [1.165, 1.54) is 12.1 Å². The van der Waals surface area contributed by atoms with E-state index in [1.807, 2.05) is 58.0 Å². The highest BCUT2D eigenvalue weighted by molar-refractivity contribution is 5.85. The summed E-state index contributed by atoms with van der Waals surface area (Å²) in [7, 11) is 0. The van der Waals surface area contributed by atoms with Gasteiger partial charge in [-0.15, -0.1) is 17.5 Å². The highest BCUT2D eigenvalue weighted by atomic mass is 35.5. The number of halogens is 4. The number of hydrogen-bond acceptors (Lipinski definition) is 4. The Morgan fingerprint density at radius 3 is 2.28 bits per heavy atom. The highest BCUT2D eigenvalue weighted by Crippen LogP contribution is 2.35. The second kappa shape index (κ2) is 10.4. The summed E-state index contributed by atoms with van der Waals surface area (Å²) in [4.78, 5) is 2.10. The molecule has 3 aromatic rings. The molecule has 1 heterocycles. The van der Waals surface area contributed by atoms with Crippen molar-refractivity contribution in [3.8, 4) is 0 Å². The number of benzene rings is 2. The molecule has 1 atom stereocenters. The van der Waals surface area contributed by atoms with Crippen LogP contribution in [0.4, 0.5) is 13.2 Å². The molecule has 0 amide bonds. The third-order valence-corrected chi connectivity index (χ3v) is 5.71. The molecule has 2 aromatic carbocycles. The lowest BCUT2D eigenvalue weighted by molar-refractivity contribution is -0.137. The van der Waals surface area contributed by atoms with Crippen LogP contribution in [0.2, 0.25) is 0 Å². The Kier molecular flexibility index (Phi) is 8.42. The zero-order valence-corrected chi connectivity index (χ0v) is 19.5. The predicted molar refractivity (Wildman–Crippen MR) is 120 cm³/mol. The van der Waals surface area contributed by atoms with Gasteiger partial charge in [-0.25, -0.2) is 4.68 Å². The summed E-state index contributed by atoms with van der Waals surface area (Å²) in [6.07, 6.45) is -3.66. The van der Waals surface area contributed by atoms with Crippen molar-refractivity contribution in [2.24, 2.45) is 0 Å². The van der Waals surface area contributed by atoms with Crippen LogP contribution in [0, 0.1) is 0 Å². The van der Waals surface area contributed by atoms with Gasteiger partial charge in [0, 0.05) is 6.54 Å². The number of hydrogen-bond donors (Lipinski definition) is 0. The standard InChI is InChI=1S/C23H28F3N5.ClH/c1-5-22(3,4)31-21(27-28-29-31)20(18-13-10-14-19(15-18)23(24,25)26)30(6-2)16-17-11-8-7-9-12-17;/h7-15,20H,5-6,16H2,1-4H3;1H. The number of nitrogens with zero attached hydrogens (tertiary/aromatic N) is 5. The molecule has 9 heteroatoms. The van der Waals surface area contributed by atoms with E-state index in [9.17, 15) is 13.2 Å². The van der Waals surface area contributed by atoms with Crippen LogP contribution in [0.1, 0.15) is 62.7 Å². The number of aromatic nitrogens is 4. The molecule has 0 aliphatic heterocycles. The van der Waals surface area contributed by atoms with Gasteiger partial charge < -0.3 is 0 Å². The molecule has 0 N–H and O–H groups in total. The topological polar surface area (TPSA) is 46.8 Å².